The van der Waals surface area contributed by atoms with Crippen LogP contribution in [0.15, 0.2) is 0 Å². The van der Waals surface area contributed by atoms with Gasteiger partial charge in [-0.15, -0.1) is 0 Å². The minimum atomic E-state index is 1.07. The van der Waals surface area contributed by atoms with E-state index in [0.29, 0.717) is 0 Å². The summed E-state index contributed by atoms with van der Waals surface area (Å²) < 4.78 is 0. The van der Waals surface area contributed by atoms with Crippen LogP contribution in [0.25, 0.3) is 0 Å². The van der Waals surface area contributed by atoms with Crippen LogP contribution in [-0.2, 0) is 0 Å². The van der Waals surface area contributed by atoms with Gasteiger partial charge < -0.3 is 0 Å². The van der Waals surface area contributed by atoms with E-state index in [4.69, 9.17) is 0 Å². The second-order valence-corrected chi connectivity index (χ2v) is 9.80. The molecule has 0 heteroatoms. The van der Waals surface area contributed by atoms with Crippen LogP contribution >= 0.6 is 0 Å². The van der Waals surface area contributed by atoms with Gasteiger partial charge in [0.2, 0.25) is 0 Å². The Morgan fingerprint density at radius 1 is 0.583 bits per heavy atom. The second kappa shape index (κ2) is 9.63. The lowest BCUT2D eigenvalue weighted by molar-refractivity contribution is 0.0993. The predicted molar refractivity (Wildman–Crippen MR) is 106 cm³/mol. The average molecular weight is 333 g/mol. The van der Waals surface area contributed by atoms with Gasteiger partial charge in [0.05, 0.1) is 0 Å². The zero-order chi connectivity index (χ0) is 16.8. The van der Waals surface area contributed by atoms with Gasteiger partial charge >= 0.3 is 0 Å². The third kappa shape index (κ3) is 5.01. The molecule has 0 N–H and O–H groups in total. The fourth-order valence-corrected chi connectivity index (χ4v) is 6.66. The zero-order valence-electron chi connectivity index (χ0n) is 16.8. The normalized spacial score (nSPS) is 41.2. The van der Waals surface area contributed by atoms with Crippen molar-refractivity contribution in [1.29, 1.82) is 0 Å². The third-order valence-electron chi connectivity index (χ3n) is 8.41. The first-order chi connectivity index (χ1) is 11.8. The molecule has 0 radical (unpaired) electrons. The van der Waals surface area contributed by atoms with E-state index in [0.717, 1.165) is 35.5 Å². The van der Waals surface area contributed by atoms with E-state index in [1.807, 2.05) is 0 Å². The van der Waals surface area contributed by atoms with E-state index in [2.05, 4.69) is 13.8 Å². The average Bonchev–Trinajstić information content (AvgIpc) is 2.67. The quantitative estimate of drug-likeness (QED) is 0.462. The fourth-order valence-electron chi connectivity index (χ4n) is 6.66. The Morgan fingerprint density at radius 2 is 1.17 bits per heavy atom. The Labute approximate surface area is 152 Å². The number of hydrogen-bond donors (Lipinski definition) is 0. The molecule has 0 saturated heterocycles. The highest BCUT2D eigenvalue weighted by Crippen LogP contribution is 2.46. The van der Waals surface area contributed by atoms with Gasteiger partial charge in [-0.3, -0.25) is 0 Å². The first-order valence-corrected chi connectivity index (χ1v) is 11.8. The van der Waals surface area contributed by atoms with Gasteiger partial charge in [0.15, 0.2) is 0 Å². The largest absolute Gasteiger partial charge is 0.0654 e. The minimum absolute atomic E-state index is 1.07. The summed E-state index contributed by atoms with van der Waals surface area (Å²) in [5, 5.41) is 0. The molecule has 3 saturated carbocycles. The zero-order valence-corrected chi connectivity index (χ0v) is 16.8. The fraction of sp³-hybridized carbons (Fsp3) is 1.00. The molecule has 0 bridgehead atoms. The summed E-state index contributed by atoms with van der Waals surface area (Å²) in [7, 11) is 0. The lowest BCUT2D eigenvalue weighted by Gasteiger charge is -2.41. The molecule has 3 rings (SSSR count). The first-order valence-electron chi connectivity index (χ1n) is 11.8. The van der Waals surface area contributed by atoms with Gasteiger partial charge in [-0.25, -0.2) is 0 Å². The van der Waals surface area contributed by atoms with Crippen molar-refractivity contribution in [3.05, 3.63) is 0 Å². The predicted octanol–water partition coefficient (Wildman–Crippen LogP) is 8.01. The van der Waals surface area contributed by atoms with Crippen LogP contribution in [0.1, 0.15) is 117 Å². The van der Waals surface area contributed by atoms with Gasteiger partial charge in [0.25, 0.3) is 0 Å². The van der Waals surface area contributed by atoms with E-state index < -0.39 is 0 Å². The summed E-state index contributed by atoms with van der Waals surface area (Å²) >= 11 is 0. The van der Waals surface area contributed by atoms with Crippen molar-refractivity contribution in [2.24, 2.45) is 35.5 Å². The molecule has 140 valence electrons. The Balaban J connectivity index is 1.38. The van der Waals surface area contributed by atoms with E-state index in [1.165, 1.54) is 38.5 Å². The van der Waals surface area contributed by atoms with Crippen LogP contribution in [0, 0.1) is 35.5 Å². The second-order valence-electron chi connectivity index (χ2n) is 9.80. The van der Waals surface area contributed by atoms with Gasteiger partial charge in [-0.1, -0.05) is 71.6 Å². The maximum Gasteiger partial charge on any atom is -0.0383 e. The molecule has 0 spiro atoms. The monoisotopic (exact) mass is 332 g/mol. The minimum Gasteiger partial charge on any atom is -0.0654 e. The molecule has 3 fully saturated rings. The maximum absolute atomic E-state index is 2.42. The molecular weight excluding hydrogens is 288 g/mol. The maximum atomic E-state index is 2.42. The molecule has 0 heterocycles. The van der Waals surface area contributed by atoms with Crippen LogP contribution in [0.3, 0.4) is 0 Å². The van der Waals surface area contributed by atoms with Gasteiger partial charge in [-0.05, 0) is 80.5 Å². The van der Waals surface area contributed by atoms with Gasteiger partial charge in [0, 0.05) is 0 Å². The molecule has 2 atom stereocenters. The number of unbranched alkanes of at least 4 members (excludes halogenated alkanes) is 1. The molecule has 0 amide bonds. The molecule has 3 aliphatic rings. The summed E-state index contributed by atoms with van der Waals surface area (Å²) in [4.78, 5) is 0. The third-order valence-corrected chi connectivity index (χ3v) is 8.41. The number of hydrogen-bond acceptors (Lipinski definition) is 0. The standard InChI is InChI=1S/C24H44/c1-3-5-7-20-10-12-21(13-11-20)22-14-16-23(17-15-22)24-9-6-8-19(4-2)18-24/h19-24H,3-18H2,1-2H3/t19-,20?,21?,22?,23?,24+/m0/s1. The van der Waals surface area contributed by atoms with Crippen molar-refractivity contribution in [3.8, 4) is 0 Å². The molecule has 0 nitrogen and oxygen atoms in total. The summed E-state index contributed by atoms with van der Waals surface area (Å²) in [6, 6.07) is 0. The van der Waals surface area contributed by atoms with E-state index in [1.54, 1.807) is 64.2 Å². The lowest BCUT2D eigenvalue weighted by Crippen LogP contribution is -2.30. The molecule has 3 aliphatic carbocycles. The summed E-state index contributed by atoms with van der Waals surface area (Å²) in [6.07, 6.45) is 24.6. The van der Waals surface area contributed by atoms with Crippen molar-refractivity contribution < 1.29 is 0 Å². The summed E-state index contributed by atoms with van der Waals surface area (Å²) in [5.41, 5.74) is 0. The van der Waals surface area contributed by atoms with Crippen LogP contribution < -0.4 is 0 Å². The smallest absolute Gasteiger partial charge is 0.0383 e. The van der Waals surface area contributed by atoms with Crippen molar-refractivity contribution >= 4 is 0 Å². The summed E-state index contributed by atoms with van der Waals surface area (Å²) in [5.74, 6) is 6.59. The Bertz CT molecular complexity index is 330. The summed E-state index contributed by atoms with van der Waals surface area (Å²) in [6.45, 7) is 4.76. The SMILES string of the molecule is CCCCC1CCC(C2CCC([C@@H]3CCC[C@H](CC)C3)CC2)CC1. The molecule has 0 aromatic heterocycles. The molecule has 0 aromatic carbocycles. The topological polar surface area (TPSA) is 0 Å². The molecule has 0 aromatic rings. The van der Waals surface area contributed by atoms with Crippen LogP contribution in [0.4, 0.5) is 0 Å². The highest BCUT2D eigenvalue weighted by molar-refractivity contribution is 4.86. The number of rotatable bonds is 6. The van der Waals surface area contributed by atoms with Crippen molar-refractivity contribution in [2.75, 3.05) is 0 Å². The highest BCUT2D eigenvalue weighted by atomic mass is 14.4. The van der Waals surface area contributed by atoms with Crippen LogP contribution in [0.2, 0.25) is 0 Å². The van der Waals surface area contributed by atoms with Crippen LogP contribution in [-0.4, -0.2) is 0 Å². The highest BCUT2D eigenvalue weighted by Gasteiger charge is 2.34. The van der Waals surface area contributed by atoms with E-state index >= 15 is 0 Å². The van der Waals surface area contributed by atoms with Crippen molar-refractivity contribution in [1.82, 2.24) is 0 Å². The van der Waals surface area contributed by atoms with E-state index in [9.17, 15) is 0 Å². The van der Waals surface area contributed by atoms with E-state index in [-0.39, 0.29) is 0 Å². The molecule has 0 aliphatic heterocycles. The molecule has 0 unspecified atom stereocenters. The van der Waals surface area contributed by atoms with Gasteiger partial charge in [0.1, 0.15) is 0 Å². The van der Waals surface area contributed by atoms with Crippen molar-refractivity contribution in [3.63, 3.8) is 0 Å². The molecule has 24 heavy (non-hydrogen) atoms. The van der Waals surface area contributed by atoms with Crippen LogP contribution in [0.5, 0.6) is 0 Å². The van der Waals surface area contributed by atoms with Gasteiger partial charge in [-0.2, -0.15) is 0 Å². The Kier molecular flexibility index (Phi) is 7.54. The lowest BCUT2D eigenvalue weighted by atomic mass is 9.64. The first kappa shape index (κ1) is 18.8. The molecular formula is C24H44. The van der Waals surface area contributed by atoms with Crippen molar-refractivity contribution in [2.45, 2.75) is 117 Å². The Morgan fingerprint density at radius 3 is 1.75 bits per heavy atom. The Hall–Kier alpha value is 0.